The minimum absolute atomic E-state index is 0.271. The first kappa shape index (κ1) is 32.9. The van der Waals surface area contributed by atoms with Crippen LogP contribution in [-0.4, -0.2) is 9.97 Å². The monoisotopic (exact) mass is 664 g/mol. The molecule has 0 bridgehead atoms. The standard InChI is InChI=1S/C46H28N6/c1-29-15-19-35(20-16-29)42-38(28-48)39(37(27-47)41(51-42)33-11-7-5-8-12-33)31-23-25-32(26-24-31)40-45(49-3)43(34-13-9-6-10-14-34)52-44(46(40)50-4)36-21-17-30(2)18-22-36/h5-26H,1-2H3. The number of rotatable bonds is 6. The van der Waals surface area contributed by atoms with Crippen molar-refractivity contribution in [2.45, 2.75) is 13.8 Å². The second-order valence-electron chi connectivity index (χ2n) is 12.3. The van der Waals surface area contributed by atoms with Crippen molar-refractivity contribution in [2.75, 3.05) is 0 Å². The Hall–Kier alpha value is -7.64. The molecule has 0 aliphatic heterocycles. The maximum atomic E-state index is 10.6. The molecule has 0 unspecified atom stereocenters. The summed E-state index contributed by atoms with van der Waals surface area (Å²) >= 11 is 0. The summed E-state index contributed by atoms with van der Waals surface area (Å²) in [4.78, 5) is 17.8. The van der Waals surface area contributed by atoms with Crippen LogP contribution < -0.4 is 0 Å². The van der Waals surface area contributed by atoms with E-state index in [9.17, 15) is 10.5 Å². The fourth-order valence-corrected chi connectivity index (χ4v) is 6.39. The summed E-state index contributed by atoms with van der Waals surface area (Å²) < 4.78 is 0. The molecule has 0 amide bonds. The minimum atomic E-state index is 0.271. The zero-order chi connectivity index (χ0) is 36.2. The molecule has 0 spiro atoms. The fraction of sp³-hybridized carbons (Fsp3) is 0.0435. The van der Waals surface area contributed by atoms with Gasteiger partial charge in [0, 0.05) is 16.7 Å². The highest BCUT2D eigenvalue weighted by Crippen LogP contribution is 2.49. The van der Waals surface area contributed by atoms with Crippen molar-refractivity contribution in [1.82, 2.24) is 9.97 Å². The summed E-state index contributed by atoms with van der Waals surface area (Å²) in [6.07, 6.45) is 0. The van der Waals surface area contributed by atoms with Crippen LogP contribution in [-0.2, 0) is 0 Å². The van der Waals surface area contributed by atoms with Gasteiger partial charge in [0.15, 0.2) is 0 Å². The van der Waals surface area contributed by atoms with Crippen LogP contribution >= 0.6 is 0 Å². The van der Waals surface area contributed by atoms with E-state index in [1.54, 1.807) is 0 Å². The normalized spacial score (nSPS) is 10.4. The summed E-state index contributed by atoms with van der Waals surface area (Å²) in [7, 11) is 0. The fourth-order valence-electron chi connectivity index (χ4n) is 6.39. The van der Waals surface area contributed by atoms with Gasteiger partial charge in [-0.1, -0.05) is 145 Å². The molecule has 0 aliphatic rings. The van der Waals surface area contributed by atoms with E-state index < -0.39 is 0 Å². The van der Waals surface area contributed by atoms with Crippen molar-refractivity contribution in [3.05, 3.63) is 179 Å². The molecule has 7 rings (SSSR count). The SMILES string of the molecule is [C-]#[N+]c1c(-c2ccccc2)nc(-c2ccc(C)cc2)c([N+]#[C-])c1-c1ccc(-c2c(C#N)c(-c3ccccc3)nc(-c3ccc(C)cc3)c2C#N)cc1. The molecular weight excluding hydrogens is 637 g/mol. The van der Waals surface area contributed by atoms with Gasteiger partial charge in [0.25, 0.3) is 0 Å². The van der Waals surface area contributed by atoms with E-state index in [2.05, 4.69) is 21.8 Å². The maximum Gasteiger partial charge on any atom is 0.210 e. The highest BCUT2D eigenvalue weighted by atomic mass is 14.8. The van der Waals surface area contributed by atoms with Crippen molar-refractivity contribution in [2.24, 2.45) is 0 Å². The number of nitriles is 2. The van der Waals surface area contributed by atoms with Gasteiger partial charge >= 0.3 is 0 Å². The number of aryl methyl sites for hydroxylation is 2. The molecule has 0 N–H and O–H groups in total. The number of nitrogens with zero attached hydrogens (tertiary/aromatic N) is 6. The van der Waals surface area contributed by atoms with E-state index in [1.807, 2.05) is 147 Å². The molecule has 0 radical (unpaired) electrons. The van der Waals surface area contributed by atoms with Gasteiger partial charge in [0.05, 0.1) is 47.0 Å². The van der Waals surface area contributed by atoms with E-state index in [0.717, 1.165) is 33.4 Å². The molecule has 0 atom stereocenters. The molecule has 0 saturated carbocycles. The summed E-state index contributed by atoms with van der Waals surface area (Å²) in [6.45, 7) is 20.6. The molecule has 52 heavy (non-hydrogen) atoms. The molecule has 7 aromatic rings. The quantitative estimate of drug-likeness (QED) is 0.166. The number of pyridine rings is 2. The third-order valence-corrected chi connectivity index (χ3v) is 9.00. The van der Waals surface area contributed by atoms with Crippen molar-refractivity contribution < 1.29 is 0 Å². The minimum Gasteiger partial charge on any atom is -0.271 e. The lowest BCUT2D eigenvalue weighted by Crippen LogP contribution is -2.02. The number of aromatic nitrogens is 2. The van der Waals surface area contributed by atoms with Gasteiger partial charge in [-0.15, -0.1) is 0 Å². The van der Waals surface area contributed by atoms with Gasteiger partial charge in [-0.05, 0) is 41.7 Å². The molecule has 0 fully saturated rings. The predicted octanol–water partition coefficient (Wildman–Crippen LogP) is 11.9. The van der Waals surface area contributed by atoms with Crippen LogP contribution in [0.4, 0.5) is 11.4 Å². The van der Waals surface area contributed by atoms with Gasteiger partial charge in [-0.25, -0.2) is 14.7 Å². The van der Waals surface area contributed by atoms with E-state index in [1.165, 1.54) is 0 Å². The van der Waals surface area contributed by atoms with Crippen LogP contribution in [0.2, 0.25) is 0 Å². The van der Waals surface area contributed by atoms with Crippen molar-refractivity contribution in [1.29, 1.82) is 10.5 Å². The molecule has 2 heterocycles. The largest absolute Gasteiger partial charge is 0.271 e. The van der Waals surface area contributed by atoms with Crippen LogP contribution in [0.5, 0.6) is 0 Å². The Balaban J connectivity index is 1.49. The first-order chi connectivity index (χ1) is 25.4. The lowest BCUT2D eigenvalue weighted by Gasteiger charge is -2.18. The summed E-state index contributed by atoms with van der Waals surface area (Å²) in [5, 5.41) is 21.3. The Morgan fingerprint density at radius 1 is 0.423 bits per heavy atom. The third kappa shape index (κ3) is 5.95. The first-order valence-corrected chi connectivity index (χ1v) is 16.5. The Labute approximate surface area is 302 Å². The maximum absolute atomic E-state index is 10.6. The second kappa shape index (κ2) is 14.1. The number of benzene rings is 5. The van der Waals surface area contributed by atoms with Crippen LogP contribution in [0.15, 0.2) is 133 Å². The van der Waals surface area contributed by atoms with Gasteiger partial charge in [0.2, 0.25) is 11.4 Å². The molecule has 5 aromatic carbocycles. The molecule has 0 aliphatic carbocycles. The van der Waals surface area contributed by atoms with Crippen molar-refractivity contribution in [3.63, 3.8) is 0 Å². The molecule has 6 nitrogen and oxygen atoms in total. The van der Waals surface area contributed by atoms with Gasteiger partial charge in [-0.2, -0.15) is 10.5 Å². The molecule has 0 saturated heterocycles. The van der Waals surface area contributed by atoms with Crippen molar-refractivity contribution >= 4 is 11.4 Å². The Kier molecular flexibility index (Phi) is 8.90. The van der Waals surface area contributed by atoms with Gasteiger partial charge in [-0.3, -0.25) is 4.98 Å². The summed E-state index contributed by atoms with van der Waals surface area (Å²) in [6, 6.07) is 46.8. The Morgan fingerprint density at radius 3 is 1.15 bits per heavy atom. The van der Waals surface area contributed by atoms with Crippen LogP contribution in [0.1, 0.15) is 22.3 Å². The smallest absolute Gasteiger partial charge is 0.210 e. The first-order valence-electron chi connectivity index (χ1n) is 16.5. The predicted molar refractivity (Wildman–Crippen MR) is 206 cm³/mol. The average Bonchev–Trinajstić information content (AvgIpc) is 3.20. The van der Waals surface area contributed by atoms with E-state index >= 15 is 0 Å². The highest BCUT2D eigenvalue weighted by molar-refractivity contribution is 6.02. The Morgan fingerprint density at radius 2 is 0.750 bits per heavy atom. The summed E-state index contributed by atoms with van der Waals surface area (Å²) in [5.41, 5.74) is 10.5. The molecular formula is C46H28N6. The zero-order valence-electron chi connectivity index (χ0n) is 28.4. The lowest BCUT2D eigenvalue weighted by molar-refractivity contribution is 1.27. The second-order valence-corrected chi connectivity index (χ2v) is 12.3. The zero-order valence-corrected chi connectivity index (χ0v) is 28.4. The van der Waals surface area contributed by atoms with E-state index in [-0.39, 0.29) is 22.5 Å². The van der Waals surface area contributed by atoms with Crippen LogP contribution in [0.3, 0.4) is 0 Å². The van der Waals surface area contributed by atoms with Crippen LogP contribution in [0, 0.1) is 49.7 Å². The summed E-state index contributed by atoms with van der Waals surface area (Å²) in [5.74, 6) is 0. The van der Waals surface area contributed by atoms with E-state index in [0.29, 0.717) is 45.0 Å². The topological polar surface area (TPSA) is 82.1 Å². The van der Waals surface area contributed by atoms with Gasteiger partial charge < -0.3 is 0 Å². The average molecular weight is 665 g/mol. The number of hydrogen-bond donors (Lipinski definition) is 0. The molecule has 6 heteroatoms. The van der Waals surface area contributed by atoms with E-state index in [4.69, 9.17) is 23.1 Å². The van der Waals surface area contributed by atoms with Crippen LogP contribution in [0.25, 0.3) is 77.0 Å². The molecule has 2 aromatic heterocycles. The van der Waals surface area contributed by atoms with Crippen molar-refractivity contribution in [3.8, 4) is 79.4 Å². The number of hydrogen-bond acceptors (Lipinski definition) is 4. The lowest BCUT2D eigenvalue weighted by atomic mass is 9.88. The third-order valence-electron chi connectivity index (χ3n) is 9.00. The molecule has 242 valence electrons. The highest BCUT2D eigenvalue weighted by Gasteiger charge is 2.26. The van der Waals surface area contributed by atoms with Gasteiger partial charge in [0.1, 0.15) is 12.1 Å². The Bertz CT molecular complexity index is 2450.